The van der Waals surface area contributed by atoms with Crippen molar-refractivity contribution in [3.8, 4) is 17.2 Å². The lowest BCUT2D eigenvalue weighted by Crippen LogP contribution is -2.39. The first-order valence-electron chi connectivity index (χ1n) is 11.9. The van der Waals surface area contributed by atoms with Crippen molar-refractivity contribution >= 4 is 23.2 Å². The number of amides is 2. The number of ether oxygens (including phenoxy) is 2. The molecule has 2 aliphatic heterocycles. The molecule has 2 amide bonds. The predicted molar refractivity (Wildman–Crippen MR) is 134 cm³/mol. The Balaban J connectivity index is 1.45. The molecule has 0 unspecified atom stereocenters. The molecule has 11 heteroatoms. The Morgan fingerprint density at radius 1 is 1.00 bits per heavy atom. The molecule has 0 radical (unpaired) electrons. The molecule has 0 spiro atoms. The highest BCUT2D eigenvalue weighted by Crippen LogP contribution is 2.42. The van der Waals surface area contributed by atoms with Gasteiger partial charge >= 0.3 is 12.2 Å². The van der Waals surface area contributed by atoms with Gasteiger partial charge in [0.15, 0.2) is 5.75 Å². The number of nitrogens with one attached hydrogen (secondary N) is 1. The van der Waals surface area contributed by atoms with Crippen LogP contribution < -0.4 is 14.8 Å². The molecule has 3 aromatic carbocycles. The van der Waals surface area contributed by atoms with Gasteiger partial charge in [-0.05, 0) is 61.0 Å². The topological polar surface area (TPSA) is 66.4 Å². The summed E-state index contributed by atoms with van der Waals surface area (Å²) in [6.45, 7) is 1.60. The number of halogens is 4. The number of benzene rings is 3. The van der Waals surface area contributed by atoms with Gasteiger partial charge in [-0.2, -0.15) is 13.2 Å². The number of amidine groups is 1. The molecule has 0 saturated carbocycles. The van der Waals surface area contributed by atoms with E-state index in [9.17, 15) is 22.4 Å². The number of carbonyl (C=O) groups is 1. The fourth-order valence-electron chi connectivity index (χ4n) is 4.40. The second-order valence-electron chi connectivity index (χ2n) is 8.85. The van der Waals surface area contributed by atoms with E-state index < -0.39 is 17.6 Å². The van der Waals surface area contributed by atoms with E-state index in [2.05, 4.69) is 10.3 Å². The van der Waals surface area contributed by atoms with E-state index in [4.69, 9.17) is 9.47 Å². The average molecular weight is 529 g/mol. The Bertz CT molecular complexity index is 1390. The highest BCUT2D eigenvalue weighted by Gasteiger charge is 2.33. The largest absolute Gasteiger partial charge is 0.497 e. The van der Waals surface area contributed by atoms with Crippen LogP contribution in [0.25, 0.3) is 0 Å². The van der Waals surface area contributed by atoms with Gasteiger partial charge in [-0.15, -0.1) is 0 Å². The summed E-state index contributed by atoms with van der Waals surface area (Å²) in [6.07, 6.45) is -3.96. The zero-order valence-corrected chi connectivity index (χ0v) is 20.4. The van der Waals surface area contributed by atoms with E-state index in [1.807, 2.05) is 4.90 Å². The van der Waals surface area contributed by atoms with E-state index in [1.165, 1.54) is 31.4 Å². The molecule has 1 N–H and O–H groups in total. The van der Waals surface area contributed by atoms with Gasteiger partial charge in [0, 0.05) is 31.9 Å². The van der Waals surface area contributed by atoms with Gasteiger partial charge in [0.1, 0.15) is 28.8 Å². The number of anilines is 1. The van der Waals surface area contributed by atoms with Gasteiger partial charge in [0.2, 0.25) is 0 Å². The molecule has 0 bridgehead atoms. The Morgan fingerprint density at radius 3 is 2.58 bits per heavy atom. The molecule has 0 aliphatic carbocycles. The summed E-state index contributed by atoms with van der Waals surface area (Å²) >= 11 is 0. The van der Waals surface area contributed by atoms with Crippen LogP contribution in [0.3, 0.4) is 0 Å². The first-order chi connectivity index (χ1) is 18.2. The minimum absolute atomic E-state index is 0.0509. The maximum Gasteiger partial charge on any atom is 0.416 e. The van der Waals surface area contributed by atoms with Crippen LogP contribution in [0.15, 0.2) is 65.7 Å². The second kappa shape index (κ2) is 10.2. The third-order valence-electron chi connectivity index (χ3n) is 6.32. The highest BCUT2D eigenvalue weighted by molar-refractivity contribution is 6.04. The van der Waals surface area contributed by atoms with Crippen molar-refractivity contribution in [1.82, 2.24) is 9.80 Å². The van der Waals surface area contributed by atoms with Crippen molar-refractivity contribution in [3.05, 3.63) is 77.6 Å². The van der Waals surface area contributed by atoms with Crippen LogP contribution in [0, 0.1) is 5.82 Å². The van der Waals surface area contributed by atoms with Crippen molar-refractivity contribution in [2.45, 2.75) is 12.6 Å². The molecule has 0 aromatic heterocycles. The van der Waals surface area contributed by atoms with Crippen molar-refractivity contribution in [3.63, 3.8) is 0 Å². The van der Waals surface area contributed by atoms with Gasteiger partial charge in [0.25, 0.3) is 0 Å². The first-order valence-corrected chi connectivity index (χ1v) is 11.9. The van der Waals surface area contributed by atoms with Crippen LogP contribution in [0.5, 0.6) is 17.2 Å². The molecular weight excluding hydrogens is 504 g/mol. The summed E-state index contributed by atoms with van der Waals surface area (Å²) in [5, 5.41) is 2.70. The number of hydrogen-bond acceptors (Lipinski definition) is 5. The van der Waals surface area contributed by atoms with Crippen molar-refractivity contribution in [1.29, 1.82) is 0 Å². The molecule has 0 atom stereocenters. The van der Waals surface area contributed by atoms with Crippen LogP contribution in [0.1, 0.15) is 17.5 Å². The minimum atomic E-state index is -4.54. The lowest BCUT2D eigenvalue weighted by Gasteiger charge is -2.25. The summed E-state index contributed by atoms with van der Waals surface area (Å²) in [5.41, 5.74) is 0.128. The van der Waals surface area contributed by atoms with Gasteiger partial charge in [-0.1, -0.05) is 6.07 Å². The minimum Gasteiger partial charge on any atom is -0.497 e. The first kappa shape index (κ1) is 25.4. The van der Waals surface area contributed by atoms with Crippen molar-refractivity contribution in [2.75, 3.05) is 38.6 Å². The number of carbonyl (C=O) groups excluding carboxylic acids is 1. The summed E-state index contributed by atoms with van der Waals surface area (Å²) in [6, 6.07) is 13.6. The molecule has 2 heterocycles. The number of hydrogen-bond donors (Lipinski definition) is 1. The van der Waals surface area contributed by atoms with E-state index in [1.54, 1.807) is 29.2 Å². The zero-order valence-electron chi connectivity index (χ0n) is 20.4. The van der Waals surface area contributed by atoms with Crippen molar-refractivity contribution < 1.29 is 31.8 Å². The van der Waals surface area contributed by atoms with Crippen LogP contribution in [-0.4, -0.2) is 55.0 Å². The molecule has 7 nitrogen and oxygen atoms in total. The van der Waals surface area contributed by atoms with Gasteiger partial charge in [0.05, 0.1) is 18.2 Å². The lowest BCUT2D eigenvalue weighted by atomic mass is 10.1. The van der Waals surface area contributed by atoms with Gasteiger partial charge in [-0.3, -0.25) is 0 Å². The third-order valence-corrected chi connectivity index (χ3v) is 6.32. The Hall–Kier alpha value is -4.28. The molecule has 5 rings (SSSR count). The molecule has 1 saturated heterocycles. The second-order valence-corrected chi connectivity index (χ2v) is 8.85. The Labute approximate surface area is 216 Å². The molecule has 2 aliphatic rings. The number of alkyl halides is 3. The standard InChI is InChI=1S/C27H24F4N4O3/c1-37-20-7-9-23-21(16-20)25(33-22-14-17(27(29,30)31)6-8-24(22)38-23)34-10-3-11-35(13-12-34)26(36)32-19-5-2-4-18(28)15-19/h2,4-9,14-16H,3,10-13H2,1H3,(H,32,36). The van der Waals surface area contributed by atoms with Crippen LogP contribution in [0.4, 0.5) is 33.7 Å². The third kappa shape index (κ3) is 5.36. The maximum absolute atomic E-state index is 13.5. The summed E-state index contributed by atoms with van der Waals surface area (Å²) in [5.74, 6) is 1.12. The lowest BCUT2D eigenvalue weighted by molar-refractivity contribution is -0.137. The number of rotatable bonds is 2. The number of fused-ring (bicyclic) bond motifs is 2. The van der Waals surface area contributed by atoms with Crippen LogP contribution in [-0.2, 0) is 6.18 Å². The molecule has 38 heavy (non-hydrogen) atoms. The Kier molecular flexibility index (Phi) is 6.83. The normalized spacial score (nSPS) is 15.3. The van der Waals surface area contributed by atoms with E-state index in [0.29, 0.717) is 61.2 Å². The number of nitrogens with zero attached hydrogens (tertiary/aromatic N) is 3. The molecule has 3 aromatic rings. The zero-order chi connectivity index (χ0) is 26.9. The Morgan fingerprint density at radius 2 is 1.82 bits per heavy atom. The van der Waals surface area contributed by atoms with E-state index in [0.717, 1.165) is 12.1 Å². The quantitative estimate of drug-likeness (QED) is 0.398. The molecule has 198 valence electrons. The highest BCUT2D eigenvalue weighted by atomic mass is 19.4. The summed E-state index contributed by atoms with van der Waals surface area (Å²) in [4.78, 5) is 21.0. The molecule has 1 fully saturated rings. The number of methoxy groups -OCH3 is 1. The average Bonchev–Trinajstić information content (AvgIpc) is 3.22. The SMILES string of the molecule is COc1ccc2c(c1)C(N1CCCN(C(=O)Nc3cccc(F)c3)CC1)=Nc1cc(C(F)(F)F)ccc1O2. The number of aliphatic imine (C=N–C) groups is 1. The van der Waals surface area contributed by atoms with Crippen LogP contribution >= 0.6 is 0 Å². The smallest absolute Gasteiger partial charge is 0.416 e. The summed E-state index contributed by atoms with van der Waals surface area (Å²) < 4.78 is 65.2. The fraction of sp³-hybridized carbons (Fsp3) is 0.259. The summed E-state index contributed by atoms with van der Waals surface area (Å²) in [7, 11) is 1.52. The van der Waals surface area contributed by atoms with Crippen molar-refractivity contribution in [2.24, 2.45) is 4.99 Å². The predicted octanol–water partition coefficient (Wildman–Crippen LogP) is 6.28. The maximum atomic E-state index is 13.5. The fourth-order valence-corrected chi connectivity index (χ4v) is 4.40. The van der Waals surface area contributed by atoms with E-state index in [-0.39, 0.29) is 17.5 Å². The van der Waals surface area contributed by atoms with Crippen LogP contribution in [0.2, 0.25) is 0 Å². The van der Waals surface area contributed by atoms with E-state index >= 15 is 0 Å². The van der Waals surface area contributed by atoms with Gasteiger partial charge < -0.3 is 24.6 Å². The monoisotopic (exact) mass is 528 g/mol. The number of urea groups is 1. The van der Waals surface area contributed by atoms with Gasteiger partial charge in [-0.25, -0.2) is 14.2 Å². The molecular formula is C27H24F4N4O3.